The van der Waals surface area contributed by atoms with Gasteiger partial charge in [0.05, 0.1) is 40.1 Å². The van der Waals surface area contributed by atoms with E-state index < -0.39 is 18.0 Å². The summed E-state index contributed by atoms with van der Waals surface area (Å²) < 4.78 is 35.7. The van der Waals surface area contributed by atoms with Crippen molar-refractivity contribution in [3.05, 3.63) is 58.8 Å². The molecule has 0 aromatic heterocycles. The van der Waals surface area contributed by atoms with Crippen molar-refractivity contribution in [2.75, 3.05) is 7.11 Å². The summed E-state index contributed by atoms with van der Waals surface area (Å²) in [7, 11) is 8.61. The lowest BCUT2D eigenvalue weighted by molar-refractivity contribution is -0.172. The van der Waals surface area contributed by atoms with Gasteiger partial charge in [0.25, 0.3) is 0 Å². The highest BCUT2D eigenvalue weighted by molar-refractivity contribution is 7.10. The van der Waals surface area contributed by atoms with Crippen molar-refractivity contribution in [1.82, 2.24) is 5.32 Å². The summed E-state index contributed by atoms with van der Waals surface area (Å²) in [5.41, 5.74) is 1.94. The number of allylic oxidation sites excluding steroid dienone is 4. The molecule has 15 atom stereocenters. The molecule has 48 heavy (non-hydrogen) atoms. The van der Waals surface area contributed by atoms with Gasteiger partial charge in [-0.2, -0.15) is 0 Å². The van der Waals surface area contributed by atoms with Crippen LogP contribution in [0.1, 0.15) is 67.7 Å². The standard InChI is InChI=1S/C35H54NO9P3/c1-17-10-9-11-18(2)34(39)36-23-12-13-24-25(16-23)31(45-48)22(6)32-27(24)33(38)35(7,42-32)41-15-14-26(40-8)19(3)28(37)20(4)30(44-47)21(5)29(17)43-46/h9-11,14-15,17,19-21,23-26,28-30,37H,12-13,16,46-48H2,1-8H3,(H,36,39). The molecular weight excluding hydrogens is 671 g/mol. The van der Waals surface area contributed by atoms with Crippen molar-refractivity contribution in [3.63, 3.8) is 0 Å². The van der Waals surface area contributed by atoms with Gasteiger partial charge in [-0.05, 0) is 39.2 Å². The molecule has 0 radical (unpaired) electrons. The Morgan fingerprint density at radius 2 is 1.65 bits per heavy atom. The molecule has 1 saturated carbocycles. The Labute approximate surface area is 292 Å². The highest BCUT2D eigenvalue weighted by Gasteiger charge is 2.55. The van der Waals surface area contributed by atoms with E-state index in [-0.39, 0.29) is 65.4 Å². The molecule has 0 aromatic rings. The Balaban J connectivity index is 1.71. The van der Waals surface area contributed by atoms with E-state index in [0.717, 1.165) is 11.3 Å². The van der Waals surface area contributed by atoms with E-state index in [1.165, 1.54) is 6.26 Å². The van der Waals surface area contributed by atoms with Crippen LogP contribution in [-0.4, -0.2) is 60.2 Å². The fourth-order valence-electron chi connectivity index (χ4n) is 7.92. The lowest BCUT2D eigenvalue weighted by Crippen LogP contribution is -2.45. The minimum atomic E-state index is -1.58. The number of aliphatic hydroxyl groups excluding tert-OH is 1. The summed E-state index contributed by atoms with van der Waals surface area (Å²) in [5, 5.41) is 14.8. The largest absolute Gasteiger partial charge is 0.484 e. The molecule has 2 aliphatic carbocycles. The molecule has 0 saturated heterocycles. The van der Waals surface area contributed by atoms with E-state index in [1.54, 1.807) is 27.0 Å². The molecule has 2 N–H and O–H groups in total. The van der Waals surface area contributed by atoms with Crippen molar-refractivity contribution in [1.29, 1.82) is 0 Å². The predicted molar refractivity (Wildman–Crippen MR) is 194 cm³/mol. The number of carbonyl (C=O) groups is 2. The van der Waals surface area contributed by atoms with Crippen molar-refractivity contribution in [2.45, 2.75) is 104 Å². The fourth-order valence-corrected chi connectivity index (χ4v) is 9.26. The van der Waals surface area contributed by atoms with E-state index in [4.69, 9.17) is 27.8 Å². The van der Waals surface area contributed by atoms with Gasteiger partial charge >= 0.3 is 5.79 Å². The second-order valence-electron chi connectivity index (χ2n) is 13.9. The zero-order valence-electron chi connectivity index (χ0n) is 29.3. The summed E-state index contributed by atoms with van der Waals surface area (Å²) in [5.74, 6) is -1.80. The molecule has 3 aliphatic heterocycles. The van der Waals surface area contributed by atoms with E-state index in [2.05, 4.69) is 40.6 Å². The molecule has 5 bridgehead atoms. The zero-order valence-corrected chi connectivity index (χ0v) is 32.8. The number of methoxy groups -OCH3 is 1. The summed E-state index contributed by atoms with van der Waals surface area (Å²) >= 11 is 0. The second kappa shape index (κ2) is 16.6. The quantitative estimate of drug-likeness (QED) is 0.343. The summed E-state index contributed by atoms with van der Waals surface area (Å²) in [6, 6.07) is -0.0893. The SMILES string of the molecule is COC1C=COC2(C)OC3=C(C2=O)C2CCC(CC2C(OP)=C3C)NC(=O)C(C)=CC=CC(C)C(OP)C(C)C(OP)C(C)C(O)C1C. The number of hydrogen-bond acceptors (Lipinski definition) is 9. The molecule has 1 amide bonds. The Morgan fingerprint density at radius 3 is 2.27 bits per heavy atom. The van der Waals surface area contributed by atoms with Crippen molar-refractivity contribution in [2.24, 2.45) is 35.5 Å². The fraction of sp³-hybridized carbons (Fsp3) is 0.657. The first-order valence-corrected chi connectivity index (χ1v) is 18.1. The Kier molecular flexibility index (Phi) is 13.5. The highest BCUT2D eigenvalue weighted by atomic mass is 31.0. The minimum Gasteiger partial charge on any atom is -0.484 e. The first kappa shape index (κ1) is 39.2. The van der Waals surface area contributed by atoms with Crippen LogP contribution in [0.2, 0.25) is 0 Å². The Morgan fingerprint density at radius 1 is 0.958 bits per heavy atom. The number of fused-ring (bicyclic) bond motifs is 14. The number of nitrogens with one attached hydrogen (secondary N) is 1. The molecule has 268 valence electrons. The maximum atomic E-state index is 14.0. The van der Waals surface area contributed by atoms with Gasteiger partial charge in [0.2, 0.25) is 11.7 Å². The Bertz CT molecular complexity index is 1360. The van der Waals surface area contributed by atoms with E-state index in [0.29, 0.717) is 36.2 Å². The molecule has 5 aliphatic rings. The van der Waals surface area contributed by atoms with Crippen LogP contribution in [-0.2, 0) is 37.4 Å². The maximum absolute atomic E-state index is 14.0. The van der Waals surface area contributed by atoms with Crippen LogP contribution in [0.5, 0.6) is 0 Å². The number of carbonyl (C=O) groups excluding carboxylic acids is 2. The van der Waals surface area contributed by atoms with E-state index >= 15 is 0 Å². The summed E-state index contributed by atoms with van der Waals surface area (Å²) in [6.07, 6.45) is 8.84. The summed E-state index contributed by atoms with van der Waals surface area (Å²) in [4.78, 5) is 27.3. The number of hydrogen-bond donors (Lipinski definition) is 2. The number of aliphatic hydroxyl groups is 1. The van der Waals surface area contributed by atoms with Crippen LogP contribution in [0.4, 0.5) is 0 Å². The monoisotopic (exact) mass is 725 g/mol. The third-order valence-electron chi connectivity index (χ3n) is 10.9. The minimum absolute atomic E-state index is 0.0332. The first-order valence-electron chi connectivity index (χ1n) is 16.7. The number of ether oxygens (including phenoxy) is 3. The van der Waals surface area contributed by atoms with Crippen molar-refractivity contribution < 1.29 is 42.5 Å². The van der Waals surface area contributed by atoms with Crippen LogP contribution < -0.4 is 5.32 Å². The second-order valence-corrected chi connectivity index (χ2v) is 14.7. The molecule has 10 nitrogen and oxygen atoms in total. The van der Waals surface area contributed by atoms with Crippen LogP contribution in [0.3, 0.4) is 0 Å². The molecule has 1 fully saturated rings. The predicted octanol–water partition coefficient (Wildman–Crippen LogP) is 5.87. The van der Waals surface area contributed by atoms with E-state index in [1.807, 2.05) is 45.9 Å². The zero-order chi connectivity index (χ0) is 35.5. The van der Waals surface area contributed by atoms with Gasteiger partial charge < -0.3 is 38.2 Å². The number of ketones is 1. The average molecular weight is 726 g/mol. The maximum Gasteiger partial charge on any atom is 0.312 e. The molecule has 15 unspecified atom stereocenters. The molecule has 0 spiro atoms. The molecule has 13 heteroatoms. The molecule has 0 aromatic carbocycles. The lowest BCUT2D eigenvalue weighted by Gasteiger charge is -2.40. The molecule has 3 heterocycles. The lowest BCUT2D eigenvalue weighted by atomic mass is 9.67. The van der Waals surface area contributed by atoms with Gasteiger partial charge in [0, 0.05) is 91.2 Å². The number of Topliss-reactive ketones (excluding diaryl/α,β-unsaturated/α-hetero) is 1. The smallest absolute Gasteiger partial charge is 0.312 e. The summed E-state index contributed by atoms with van der Waals surface area (Å²) in [6.45, 7) is 13.2. The van der Waals surface area contributed by atoms with Crippen LogP contribution in [0.25, 0.3) is 0 Å². The molecule has 5 rings (SSSR count). The average Bonchev–Trinajstić information content (AvgIpc) is 3.33. The topological polar surface area (TPSA) is 122 Å². The van der Waals surface area contributed by atoms with Gasteiger partial charge in [0.1, 0.15) is 11.5 Å². The normalized spacial score (nSPS) is 39.9. The third-order valence-corrected chi connectivity index (χ3v) is 11.7. The van der Waals surface area contributed by atoms with E-state index in [9.17, 15) is 14.7 Å². The van der Waals surface area contributed by atoms with Crippen LogP contribution in [0, 0.1) is 35.5 Å². The van der Waals surface area contributed by atoms with Gasteiger partial charge in [-0.3, -0.25) is 9.59 Å². The van der Waals surface area contributed by atoms with Crippen molar-refractivity contribution >= 4 is 40.1 Å². The highest BCUT2D eigenvalue weighted by Crippen LogP contribution is 2.52. The number of amides is 1. The van der Waals surface area contributed by atoms with Gasteiger partial charge in [0.15, 0.2) is 0 Å². The third kappa shape index (κ3) is 7.81. The Hall–Kier alpha value is -1.63. The van der Waals surface area contributed by atoms with Crippen molar-refractivity contribution in [3.8, 4) is 0 Å². The molecular formula is C35H54NO9P3. The number of rotatable bonds is 4. The van der Waals surface area contributed by atoms with Gasteiger partial charge in [-0.1, -0.05) is 45.9 Å². The first-order chi connectivity index (χ1) is 22.7. The van der Waals surface area contributed by atoms with Gasteiger partial charge in [-0.25, -0.2) is 0 Å². The van der Waals surface area contributed by atoms with Gasteiger partial charge in [-0.15, -0.1) is 0 Å². The van der Waals surface area contributed by atoms with Crippen LogP contribution in [0.15, 0.2) is 58.8 Å². The van der Waals surface area contributed by atoms with Crippen LogP contribution >= 0.6 is 28.4 Å².